The van der Waals surface area contributed by atoms with Gasteiger partial charge in [0.1, 0.15) is 0 Å². The van der Waals surface area contributed by atoms with Gasteiger partial charge in [0, 0.05) is 17.0 Å². The van der Waals surface area contributed by atoms with Crippen molar-refractivity contribution < 1.29 is 0 Å². The Balaban J connectivity index is 1.96. The molecular formula is C9H14N2S. The Labute approximate surface area is 77.0 Å². The summed E-state index contributed by atoms with van der Waals surface area (Å²) in [5.74, 6) is 1.61. The Morgan fingerprint density at radius 2 is 2.58 bits per heavy atom. The smallest absolute Gasteiger partial charge is 0.0962 e. The van der Waals surface area contributed by atoms with E-state index in [1.165, 1.54) is 17.1 Å². The molecule has 66 valence electrons. The van der Waals surface area contributed by atoms with Gasteiger partial charge in [-0.05, 0) is 32.9 Å². The number of hydrogen-bond acceptors (Lipinski definition) is 3. The van der Waals surface area contributed by atoms with Crippen LogP contribution >= 0.6 is 11.3 Å². The first kappa shape index (κ1) is 8.20. The van der Waals surface area contributed by atoms with Crippen LogP contribution in [0.2, 0.25) is 0 Å². The number of nitrogens with zero attached hydrogens (tertiary/aromatic N) is 1. The molecule has 0 aromatic carbocycles. The van der Waals surface area contributed by atoms with Crippen LogP contribution in [0.5, 0.6) is 0 Å². The highest BCUT2D eigenvalue weighted by atomic mass is 32.1. The molecule has 0 spiro atoms. The van der Waals surface area contributed by atoms with E-state index >= 15 is 0 Å². The van der Waals surface area contributed by atoms with Gasteiger partial charge >= 0.3 is 0 Å². The van der Waals surface area contributed by atoms with Crippen molar-refractivity contribution in [3.8, 4) is 0 Å². The maximum Gasteiger partial charge on any atom is 0.0962 e. The van der Waals surface area contributed by atoms with Crippen LogP contribution in [0.4, 0.5) is 0 Å². The molecule has 2 atom stereocenters. The van der Waals surface area contributed by atoms with E-state index in [1.807, 2.05) is 18.4 Å². The molecule has 1 aliphatic rings. The largest absolute Gasteiger partial charge is 0.319 e. The first-order valence-electron chi connectivity index (χ1n) is 4.38. The monoisotopic (exact) mass is 182 g/mol. The third kappa shape index (κ3) is 1.52. The minimum absolute atomic E-state index is 0.760. The summed E-state index contributed by atoms with van der Waals surface area (Å²) in [4.78, 5) is 4.50. The average Bonchev–Trinajstić information content (AvgIpc) is 2.67. The third-order valence-corrected chi connectivity index (χ3v) is 3.44. The van der Waals surface area contributed by atoms with Crippen molar-refractivity contribution >= 4 is 11.3 Å². The zero-order chi connectivity index (χ0) is 8.55. The lowest BCUT2D eigenvalue weighted by atomic mass is 10.3. The zero-order valence-corrected chi connectivity index (χ0v) is 8.32. The molecule has 1 aliphatic carbocycles. The predicted molar refractivity (Wildman–Crippen MR) is 51.6 cm³/mol. The van der Waals surface area contributed by atoms with E-state index in [-0.39, 0.29) is 0 Å². The van der Waals surface area contributed by atoms with Gasteiger partial charge < -0.3 is 5.32 Å². The van der Waals surface area contributed by atoms with Crippen molar-refractivity contribution in [1.29, 1.82) is 0 Å². The number of nitrogens with one attached hydrogen (secondary N) is 1. The molecule has 3 heteroatoms. The molecule has 0 radical (unpaired) electrons. The molecule has 0 saturated heterocycles. The van der Waals surface area contributed by atoms with E-state index in [0.29, 0.717) is 0 Å². The van der Waals surface area contributed by atoms with Gasteiger partial charge in [0.15, 0.2) is 0 Å². The number of rotatable bonds is 3. The van der Waals surface area contributed by atoms with Crippen LogP contribution in [-0.4, -0.2) is 18.6 Å². The Kier molecular flexibility index (Phi) is 2.15. The van der Waals surface area contributed by atoms with Gasteiger partial charge in [-0.25, -0.2) is 4.98 Å². The van der Waals surface area contributed by atoms with Gasteiger partial charge in [0.2, 0.25) is 0 Å². The van der Waals surface area contributed by atoms with E-state index in [4.69, 9.17) is 0 Å². The molecule has 1 aromatic rings. The Hall–Kier alpha value is -0.410. The SMILES string of the molecule is CNCC1CC1c1nc(C)cs1. The summed E-state index contributed by atoms with van der Waals surface area (Å²) >= 11 is 1.81. The normalized spacial score (nSPS) is 27.5. The molecule has 2 nitrogen and oxygen atoms in total. The second kappa shape index (κ2) is 3.15. The number of thiazole rings is 1. The van der Waals surface area contributed by atoms with Crippen molar-refractivity contribution in [1.82, 2.24) is 10.3 Å². The van der Waals surface area contributed by atoms with Crippen LogP contribution in [0.3, 0.4) is 0 Å². The second-order valence-corrected chi connectivity index (χ2v) is 4.38. The number of hydrogen-bond donors (Lipinski definition) is 1. The van der Waals surface area contributed by atoms with Crippen molar-refractivity contribution in [2.75, 3.05) is 13.6 Å². The third-order valence-electron chi connectivity index (χ3n) is 2.34. The van der Waals surface area contributed by atoms with E-state index in [1.54, 1.807) is 0 Å². The summed E-state index contributed by atoms with van der Waals surface area (Å²) in [5.41, 5.74) is 1.17. The van der Waals surface area contributed by atoms with Crippen molar-refractivity contribution in [3.63, 3.8) is 0 Å². The average molecular weight is 182 g/mol. The quantitative estimate of drug-likeness (QED) is 0.770. The van der Waals surface area contributed by atoms with Crippen molar-refractivity contribution in [2.24, 2.45) is 5.92 Å². The topological polar surface area (TPSA) is 24.9 Å². The Morgan fingerprint density at radius 1 is 1.75 bits per heavy atom. The number of aryl methyl sites for hydroxylation is 1. The van der Waals surface area contributed by atoms with Crippen LogP contribution < -0.4 is 5.32 Å². The van der Waals surface area contributed by atoms with E-state index < -0.39 is 0 Å². The lowest BCUT2D eigenvalue weighted by Gasteiger charge is -1.94. The lowest BCUT2D eigenvalue weighted by molar-refractivity contribution is 0.697. The predicted octanol–water partition coefficient (Wildman–Crippen LogP) is 1.77. The molecule has 12 heavy (non-hydrogen) atoms. The second-order valence-electron chi connectivity index (χ2n) is 3.49. The maximum absolute atomic E-state index is 4.50. The first-order chi connectivity index (χ1) is 5.81. The summed E-state index contributed by atoms with van der Waals surface area (Å²) in [6.45, 7) is 3.21. The first-order valence-corrected chi connectivity index (χ1v) is 5.26. The van der Waals surface area contributed by atoms with Crippen LogP contribution in [0.1, 0.15) is 23.0 Å². The molecule has 1 N–H and O–H groups in total. The van der Waals surface area contributed by atoms with Crippen LogP contribution in [0.15, 0.2) is 5.38 Å². The van der Waals surface area contributed by atoms with E-state index in [0.717, 1.165) is 18.4 Å². The molecule has 0 aliphatic heterocycles. The van der Waals surface area contributed by atoms with Crippen LogP contribution in [0, 0.1) is 12.8 Å². The van der Waals surface area contributed by atoms with Crippen molar-refractivity contribution in [2.45, 2.75) is 19.3 Å². The van der Waals surface area contributed by atoms with Gasteiger partial charge in [0.05, 0.1) is 5.01 Å². The minimum atomic E-state index is 0.760. The van der Waals surface area contributed by atoms with Crippen LogP contribution in [-0.2, 0) is 0 Å². The standard InChI is InChI=1S/C9H14N2S/c1-6-5-12-9(11-6)8-3-7(8)4-10-2/h5,7-8,10H,3-4H2,1-2H3. The van der Waals surface area contributed by atoms with Gasteiger partial charge in [0.25, 0.3) is 0 Å². The summed E-state index contributed by atoms with van der Waals surface area (Å²) in [6.07, 6.45) is 1.33. The Bertz CT molecular complexity index is 269. The van der Waals surface area contributed by atoms with E-state index in [9.17, 15) is 0 Å². The highest BCUT2D eigenvalue weighted by Crippen LogP contribution is 2.47. The van der Waals surface area contributed by atoms with Gasteiger partial charge in [-0.3, -0.25) is 0 Å². The molecule has 1 aromatic heterocycles. The maximum atomic E-state index is 4.50. The highest BCUT2D eigenvalue weighted by Gasteiger charge is 2.39. The van der Waals surface area contributed by atoms with Gasteiger partial charge in [-0.15, -0.1) is 11.3 Å². The van der Waals surface area contributed by atoms with Gasteiger partial charge in [-0.1, -0.05) is 0 Å². The van der Waals surface area contributed by atoms with E-state index in [2.05, 4.69) is 22.6 Å². The molecule has 2 unspecified atom stereocenters. The zero-order valence-electron chi connectivity index (χ0n) is 7.50. The molecular weight excluding hydrogens is 168 g/mol. The highest BCUT2D eigenvalue weighted by molar-refractivity contribution is 7.09. The summed E-state index contributed by atoms with van der Waals surface area (Å²) < 4.78 is 0. The molecule has 2 rings (SSSR count). The molecule has 1 fully saturated rings. The summed E-state index contributed by atoms with van der Waals surface area (Å²) in [6, 6.07) is 0. The molecule has 0 bridgehead atoms. The molecule has 1 saturated carbocycles. The lowest BCUT2D eigenvalue weighted by Crippen LogP contribution is -2.10. The fraction of sp³-hybridized carbons (Fsp3) is 0.667. The minimum Gasteiger partial charge on any atom is -0.319 e. The fourth-order valence-corrected chi connectivity index (χ4v) is 2.58. The Morgan fingerprint density at radius 3 is 3.17 bits per heavy atom. The van der Waals surface area contributed by atoms with Gasteiger partial charge in [-0.2, -0.15) is 0 Å². The summed E-state index contributed by atoms with van der Waals surface area (Å²) in [5, 5.41) is 6.70. The molecule has 1 heterocycles. The number of aromatic nitrogens is 1. The fourth-order valence-electron chi connectivity index (χ4n) is 1.58. The molecule has 0 amide bonds. The summed E-state index contributed by atoms with van der Waals surface area (Å²) in [7, 11) is 2.02. The van der Waals surface area contributed by atoms with Crippen LogP contribution in [0.25, 0.3) is 0 Å². The van der Waals surface area contributed by atoms with Crippen molar-refractivity contribution in [3.05, 3.63) is 16.1 Å².